The van der Waals surface area contributed by atoms with Crippen LogP contribution in [0.25, 0.3) is 0 Å². The quantitative estimate of drug-likeness (QED) is 0.363. The molecule has 0 amide bonds. The second kappa shape index (κ2) is 10.7. The van der Waals surface area contributed by atoms with Crippen molar-refractivity contribution in [3.63, 3.8) is 0 Å². The standard InChI is InChI=1S/C21H30ClN7.HI/c1-16-25-26-20(27(16)2)15-23-21(24-18-7-3-4-8-18)29-12-10-28(11-13-29)19-9-5-6-17(22)14-19;/h5-6,9,14,18H,3-4,7-8,10-13,15H2,1-2H3,(H,23,24);1H. The molecule has 1 aromatic carbocycles. The minimum Gasteiger partial charge on any atom is -0.368 e. The molecule has 1 saturated heterocycles. The van der Waals surface area contributed by atoms with Gasteiger partial charge in [-0.05, 0) is 38.0 Å². The Balaban J connectivity index is 0.00000256. The van der Waals surface area contributed by atoms with Crippen LogP contribution in [0.3, 0.4) is 0 Å². The fourth-order valence-corrected chi connectivity index (χ4v) is 4.26. The second-order valence-electron chi connectivity index (χ2n) is 7.94. The molecule has 30 heavy (non-hydrogen) atoms. The molecule has 0 radical (unpaired) electrons. The van der Waals surface area contributed by atoms with E-state index in [0.29, 0.717) is 12.6 Å². The molecule has 2 aromatic rings. The lowest BCUT2D eigenvalue weighted by Crippen LogP contribution is -2.54. The van der Waals surface area contributed by atoms with Gasteiger partial charge in [0.2, 0.25) is 0 Å². The van der Waals surface area contributed by atoms with Gasteiger partial charge in [-0.25, -0.2) is 4.99 Å². The number of nitrogens with zero attached hydrogens (tertiary/aromatic N) is 6. The number of piperazine rings is 1. The number of anilines is 1. The molecule has 1 aliphatic carbocycles. The summed E-state index contributed by atoms with van der Waals surface area (Å²) >= 11 is 6.17. The normalized spacial score (nSPS) is 17.9. The van der Waals surface area contributed by atoms with Crippen LogP contribution in [-0.4, -0.2) is 57.8 Å². The Morgan fingerprint density at radius 2 is 1.90 bits per heavy atom. The highest BCUT2D eigenvalue weighted by atomic mass is 127. The van der Waals surface area contributed by atoms with Crippen LogP contribution in [-0.2, 0) is 13.6 Å². The van der Waals surface area contributed by atoms with Gasteiger partial charge in [0.15, 0.2) is 11.8 Å². The summed E-state index contributed by atoms with van der Waals surface area (Å²) in [5, 5.41) is 12.9. The molecule has 0 bridgehead atoms. The van der Waals surface area contributed by atoms with E-state index in [1.54, 1.807) is 0 Å². The summed E-state index contributed by atoms with van der Waals surface area (Å²) in [5.74, 6) is 2.81. The maximum Gasteiger partial charge on any atom is 0.194 e. The van der Waals surface area contributed by atoms with Crippen molar-refractivity contribution in [1.29, 1.82) is 0 Å². The largest absolute Gasteiger partial charge is 0.368 e. The first-order valence-corrected chi connectivity index (χ1v) is 10.9. The number of halogens is 2. The Labute approximate surface area is 200 Å². The van der Waals surface area contributed by atoms with Crippen molar-refractivity contribution in [2.75, 3.05) is 31.1 Å². The van der Waals surface area contributed by atoms with Crippen LogP contribution in [0.15, 0.2) is 29.3 Å². The van der Waals surface area contributed by atoms with Gasteiger partial charge in [-0.3, -0.25) is 0 Å². The number of hydrogen-bond donors (Lipinski definition) is 1. The van der Waals surface area contributed by atoms with Crippen LogP contribution in [0.2, 0.25) is 5.02 Å². The molecule has 1 N–H and O–H groups in total. The van der Waals surface area contributed by atoms with E-state index in [1.807, 2.05) is 36.7 Å². The van der Waals surface area contributed by atoms with Crippen LogP contribution in [0, 0.1) is 6.92 Å². The zero-order chi connectivity index (χ0) is 20.2. The third kappa shape index (κ3) is 5.57. The predicted octanol–water partition coefficient (Wildman–Crippen LogP) is 3.61. The molecule has 0 atom stereocenters. The van der Waals surface area contributed by atoms with E-state index in [0.717, 1.165) is 48.8 Å². The van der Waals surface area contributed by atoms with Crippen molar-refractivity contribution in [2.45, 2.75) is 45.2 Å². The predicted molar refractivity (Wildman–Crippen MR) is 133 cm³/mol. The van der Waals surface area contributed by atoms with Crippen molar-refractivity contribution >= 4 is 47.2 Å². The summed E-state index contributed by atoms with van der Waals surface area (Å²) in [6.45, 7) is 6.28. The highest BCUT2D eigenvalue weighted by Gasteiger charge is 2.24. The number of aliphatic imine (C=N–C) groups is 1. The van der Waals surface area contributed by atoms with Gasteiger partial charge in [-0.15, -0.1) is 34.2 Å². The van der Waals surface area contributed by atoms with Crippen molar-refractivity contribution in [3.8, 4) is 0 Å². The van der Waals surface area contributed by atoms with Gasteiger partial charge < -0.3 is 19.7 Å². The lowest BCUT2D eigenvalue weighted by molar-refractivity contribution is 0.365. The monoisotopic (exact) mass is 543 g/mol. The van der Waals surface area contributed by atoms with Crippen molar-refractivity contribution in [3.05, 3.63) is 40.9 Å². The molecular weight excluding hydrogens is 513 g/mol. The summed E-state index contributed by atoms with van der Waals surface area (Å²) in [4.78, 5) is 9.70. The Kier molecular flexibility index (Phi) is 8.21. The van der Waals surface area contributed by atoms with Crippen LogP contribution >= 0.6 is 35.6 Å². The number of benzene rings is 1. The molecule has 164 valence electrons. The minimum absolute atomic E-state index is 0. The zero-order valence-electron chi connectivity index (χ0n) is 17.7. The minimum atomic E-state index is 0. The van der Waals surface area contributed by atoms with Crippen LogP contribution in [0.5, 0.6) is 0 Å². The van der Waals surface area contributed by atoms with E-state index >= 15 is 0 Å². The molecule has 0 spiro atoms. The SMILES string of the molecule is Cc1nnc(CN=C(NC2CCCC2)N2CCN(c3cccc(Cl)c3)CC2)n1C.I. The van der Waals surface area contributed by atoms with E-state index < -0.39 is 0 Å². The number of aromatic nitrogens is 3. The van der Waals surface area contributed by atoms with Crippen molar-refractivity contribution < 1.29 is 0 Å². The number of aryl methyl sites for hydroxylation is 1. The van der Waals surface area contributed by atoms with Crippen molar-refractivity contribution in [2.24, 2.45) is 12.0 Å². The maximum absolute atomic E-state index is 6.17. The van der Waals surface area contributed by atoms with Gasteiger partial charge in [0.1, 0.15) is 12.4 Å². The second-order valence-corrected chi connectivity index (χ2v) is 8.38. The fourth-order valence-electron chi connectivity index (χ4n) is 4.07. The summed E-state index contributed by atoms with van der Waals surface area (Å²) in [6.07, 6.45) is 5.06. The highest BCUT2D eigenvalue weighted by molar-refractivity contribution is 14.0. The zero-order valence-corrected chi connectivity index (χ0v) is 20.8. The van der Waals surface area contributed by atoms with Crippen LogP contribution in [0.4, 0.5) is 5.69 Å². The molecule has 1 aliphatic heterocycles. The van der Waals surface area contributed by atoms with Crippen LogP contribution < -0.4 is 10.2 Å². The third-order valence-electron chi connectivity index (χ3n) is 5.99. The molecule has 1 aromatic heterocycles. The first kappa shape index (κ1) is 23.1. The molecule has 2 fully saturated rings. The average Bonchev–Trinajstić information content (AvgIpc) is 3.36. The van der Waals surface area contributed by atoms with Crippen molar-refractivity contribution in [1.82, 2.24) is 25.0 Å². The Morgan fingerprint density at radius 1 is 1.17 bits per heavy atom. The third-order valence-corrected chi connectivity index (χ3v) is 6.23. The number of rotatable bonds is 4. The molecule has 4 rings (SSSR count). The fraction of sp³-hybridized carbons (Fsp3) is 0.571. The summed E-state index contributed by atoms with van der Waals surface area (Å²) < 4.78 is 2.01. The average molecular weight is 544 g/mol. The van der Waals surface area contributed by atoms with Gasteiger partial charge >= 0.3 is 0 Å². The molecule has 7 nitrogen and oxygen atoms in total. The molecule has 1 saturated carbocycles. The summed E-state index contributed by atoms with van der Waals surface area (Å²) in [5.41, 5.74) is 1.19. The van der Waals surface area contributed by atoms with Gasteiger partial charge in [-0.2, -0.15) is 0 Å². The van der Waals surface area contributed by atoms with E-state index in [4.69, 9.17) is 16.6 Å². The van der Waals surface area contributed by atoms with E-state index in [9.17, 15) is 0 Å². The van der Waals surface area contributed by atoms with Crippen LogP contribution in [0.1, 0.15) is 37.3 Å². The molecule has 2 aliphatic rings. The van der Waals surface area contributed by atoms with E-state index in [1.165, 1.54) is 31.4 Å². The molecular formula is C21H31ClIN7. The van der Waals surface area contributed by atoms with E-state index in [-0.39, 0.29) is 24.0 Å². The smallest absolute Gasteiger partial charge is 0.194 e. The lowest BCUT2D eigenvalue weighted by atomic mass is 10.2. The topological polar surface area (TPSA) is 61.6 Å². The highest BCUT2D eigenvalue weighted by Crippen LogP contribution is 2.22. The van der Waals surface area contributed by atoms with Gasteiger partial charge in [0.05, 0.1) is 0 Å². The Bertz CT molecular complexity index is 855. The summed E-state index contributed by atoms with van der Waals surface area (Å²) in [7, 11) is 1.99. The first-order chi connectivity index (χ1) is 14.1. The van der Waals surface area contributed by atoms with Gasteiger partial charge in [0, 0.05) is 50.0 Å². The number of guanidine groups is 1. The summed E-state index contributed by atoms with van der Waals surface area (Å²) in [6, 6.07) is 8.64. The molecule has 9 heteroatoms. The molecule has 0 unspecified atom stereocenters. The number of nitrogens with one attached hydrogen (secondary N) is 1. The van der Waals surface area contributed by atoms with E-state index in [2.05, 4.69) is 31.4 Å². The Morgan fingerprint density at radius 3 is 2.53 bits per heavy atom. The Hall–Kier alpha value is -1.55. The number of hydrogen-bond acceptors (Lipinski definition) is 4. The van der Waals surface area contributed by atoms with Gasteiger partial charge in [-0.1, -0.05) is 30.5 Å². The first-order valence-electron chi connectivity index (χ1n) is 10.5. The molecule has 2 heterocycles. The lowest BCUT2D eigenvalue weighted by Gasteiger charge is -2.38. The maximum atomic E-state index is 6.17. The van der Waals surface area contributed by atoms with Gasteiger partial charge in [0.25, 0.3) is 0 Å².